The summed E-state index contributed by atoms with van der Waals surface area (Å²) in [4.78, 5) is 124. The van der Waals surface area contributed by atoms with Gasteiger partial charge in [0.25, 0.3) is 35.4 Å². The number of carbonyl (C=O) groups excluding carboxylic acids is 8. The van der Waals surface area contributed by atoms with Crippen molar-refractivity contribution in [1.29, 1.82) is 0 Å². The minimum Gasteiger partial charge on any atom is -0.462 e. The van der Waals surface area contributed by atoms with E-state index < -0.39 is 47.4 Å². The first kappa shape index (κ1) is 68.8. The van der Waals surface area contributed by atoms with Gasteiger partial charge in [-0.25, -0.2) is 24.3 Å². The highest BCUT2D eigenvalue weighted by Gasteiger charge is 2.42. The van der Waals surface area contributed by atoms with Gasteiger partial charge in [-0.15, -0.1) is 0 Å². The number of esters is 2. The number of hydrogen-bond acceptors (Lipinski definition) is 14. The molecule has 105 heavy (non-hydrogen) atoms. The van der Waals surface area contributed by atoms with Crippen molar-refractivity contribution in [2.75, 3.05) is 51.6 Å². The summed E-state index contributed by atoms with van der Waals surface area (Å²) >= 11 is 0. The van der Waals surface area contributed by atoms with Crippen LogP contribution in [-0.4, -0.2) is 73.7 Å². The van der Waals surface area contributed by atoms with Crippen LogP contribution in [0, 0.1) is 0 Å². The number of hydrogen-bond donors (Lipinski definition) is 2. The SMILES string of the molecule is CCCCNc1ccc2c3c(cccc13)C(=O)N(c1ccc(Oc3cc(C(=O)OCCCC)c4c(C(=O)OCCCC)ccc5c6c(Oc7ccc(N8C(=O)c9cccc%10c(NCCCC)ccc(c9%10)C8=O)cc7)cc7c8c(ccc(c3c45)c86)C(=O)N(c3c(C(C)C)cccc3C(C)C)C7=O)cc1)C2=O. The quantitative estimate of drug-likeness (QED) is 0.0179. The molecule has 3 heterocycles. The smallest absolute Gasteiger partial charge is 0.338 e. The molecule has 0 spiro atoms. The molecule has 0 unspecified atom stereocenters. The highest BCUT2D eigenvalue weighted by Crippen LogP contribution is 2.54. The molecule has 528 valence electrons. The van der Waals surface area contributed by atoms with Crippen molar-refractivity contribution in [1.82, 2.24) is 0 Å². The van der Waals surface area contributed by atoms with Crippen LogP contribution < -0.4 is 34.8 Å². The zero-order valence-corrected chi connectivity index (χ0v) is 60.0. The molecule has 3 aliphatic heterocycles. The number of anilines is 5. The van der Waals surface area contributed by atoms with E-state index in [-0.39, 0.29) is 87.1 Å². The summed E-state index contributed by atoms with van der Waals surface area (Å²) in [5.74, 6) is -4.08. The van der Waals surface area contributed by atoms with Gasteiger partial charge < -0.3 is 29.6 Å². The topological polar surface area (TPSA) is 207 Å². The second kappa shape index (κ2) is 28.0. The number of nitrogens with one attached hydrogen (secondary N) is 2. The van der Waals surface area contributed by atoms with Crippen LogP contribution >= 0.6 is 0 Å². The van der Waals surface area contributed by atoms with Crippen molar-refractivity contribution in [2.45, 2.75) is 119 Å². The number of fused-ring (bicyclic) bond motifs is 2. The molecule has 0 bridgehead atoms. The largest absolute Gasteiger partial charge is 0.462 e. The summed E-state index contributed by atoms with van der Waals surface area (Å²) in [6, 6.07) is 47.0. The zero-order chi connectivity index (χ0) is 73.2. The minimum absolute atomic E-state index is 0.0236. The van der Waals surface area contributed by atoms with Crippen LogP contribution in [0.3, 0.4) is 0 Å². The maximum absolute atomic E-state index is 16.2. The lowest BCUT2D eigenvalue weighted by atomic mass is 9.82. The van der Waals surface area contributed by atoms with Crippen molar-refractivity contribution < 1.29 is 57.3 Å². The molecule has 2 N–H and O–H groups in total. The number of amides is 6. The molecule has 12 aromatic rings. The molecule has 15 rings (SSSR count). The molecule has 0 atom stereocenters. The third-order valence-electron chi connectivity index (χ3n) is 20.5. The molecule has 0 aliphatic carbocycles. The van der Waals surface area contributed by atoms with Crippen molar-refractivity contribution in [3.05, 3.63) is 219 Å². The van der Waals surface area contributed by atoms with Crippen molar-refractivity contribution >= 4 is 140 Å². The molecule has 0 fully saturated rings. The Kier molecular flexibility index (Phi) is 18.3. The van der Waals surface area contributed by atoms with E-state index in [1.807, 2.05) is 96.1 Å². The summed E-state index contributed by atoms with van der Waals surface area (Å²) in [7, 11) is 0. The molecule has 17 heteroatoms. The lowest BCUT2D eigenvalue weighted by Crippen LogP contribution is -2.41. The number of imide groups is 3. The lowest BCUT2D eigenvalue weighted by molar-refractivity contribution is 0.0500. The van der Waals surface area contributed by atoms with Gasteiger partial charge in [-0.1, -0.05) is 136 Å². The summed E-state index contributed by atoms with van der Waals surface area (Å²) in [5, 5.41) is 12.6. The van der Waals surface area contributed by atoms with Crippen molar-refractivity contribution in [2.24, 2.45) is 0 Å². The molecule has 0 radical (unpaired) electrons. The van der Waals surface area contributed by atoms with Crippen LogP contribution in [0.15, 0.2) is 164 Å². The lowest BCUT2D eigenvalue weighted by Gasteiger charge is -2.33. The molecule has 0 saturated heterocycles. The second-order valence-corrected chi connectivity index (χ2v) is 27.9. The van der Waals surface area contributed by atoms with Gasteiger partial charge in [0.2, 0.25) is 0 Å². The van der Waals surface area contributed by atoms with E-state index in [2.05, 4.69) is 24.5 Å². The van der Waals surface area contributed by atoms with Gasteiger partial charge in [-0.05, 0) is 169 Å². The number of carbonyl (C=O) groups is 8. The number of ether oxygens (including phenoxy) is 4. The van der Waals surface area contributed by atoms with E-state index in [1.165, 1.54) is 4.90 Å². The highest BCUT2D eigenvalue weighted by atomic mass is 16.5. The number of unbranched alkanes of at least 4 members (excludes halogenated alkanes) is 4. The summed E-state index contributed by atoms with van der Waals surface area (Å²) in [6.45, 7) is 17.9. The fourth-order valence-corrected chi connectivity index (χ4v) is 15.3. The van der Waals surface area contributed by atoms with E-state index in [0.717, 1.165) is 88.3 Å². The maximum Gasteiger partial charge on any atom is 0.338 e. The van der Waals surface area contributed by atoms with E-state index in [1.54, 1.807) is 109 Å². The second-order valence-electron chi connectivity index (χ2n) is 27.9. The van der Waals surface area contributed by atoms with E-state index in [0.29, 0.717) is 95.7 Å². The van der Waals surface area contributed by atoms with E-state index >= 15 is 14.4 Å². The minimum atomic E-state index is -0.752. The van der Waals surface area contributed by atoms with Gasteiger partial charge >= 0.3 is 11.9 Å². The maximum atomic E-state index is 16.2. The van der Waals surface area contributed by atoms with Gasteiger partial charge in [0.05, 0.1) is 47.0 Å². The Hall–Kier alpha value is -12.0. The summed E-state index contributed by atoms with van der Waals surface area (Å²) in [5.41, 5.74) is 6.22. The van der Waals surface area contributed by atoms with Gasteiger partial charge in [-0.3, -0.25) is 28.8 Å². The van der Waals surface area contributed by atoms with Crippen LogP contribution in [-0.2, 0) is 9.47 Å². The zero-order valence-electron chi connectivity index (χ0n) is 60.0. The average Bonchev–Trinajstić information content (AvgIpc) is 0.681. The first-order valence-corrected chi connectivity index (χ1v) is 36.5. The Morgan fingerprint density at radius 2 is 0.762 bits per heavy atom. The Morgan fingerprint density at radius 3 is 1.24 bits per heavy atom. The number of rotatable bonds is 25. The molecular formula is C88H79N5O12. The standard InChI is InChI=1S/C88H79N5O12/c1-9-13-42-89-68-40-38-62-72-56(68)22-18-24-60(72)81(94)91(83(62)96)50-26-30-52(31-27-50)104-70-46-66-74-64(85(98)93(86(66)99)80-54(48(5)6)20-17-21-55(80)49(7)8)36-34-58-77-71(47-67(88(101)103-45-16-12-4)75-65(87(100)102-44-15-11-3)37-35-59(79(75)77)76(70)78(58)74)105-53-32-28-51(29-33-53)92-82(95)61-25-19-23-57-69(90-43-14-10-2)41-39-63(73(57)61)84(92)97/h17-41,46-49,89-90H,9-16,42-45H2,1-8H3. The Bertz CT molecular complexity index is 5570. The molecule has 12 aromatic carbocycles. The Balaban J connectivity index is 0.923. The average molecular weight is 1400 g/mol. The van der Waals surface area contributed by atoms with Crippen LogP contribution in [0.25, 0.3) is 64.6 Å². The van der Waals surface area contributed by atoms with Crippen molar-refractivity contribution in [3.8, 4) is 23.0 Å². The molecular weight excluding hydrogens is 1320 g/mol. The monoisotopic (exact) mass is 1400 g/mol. The van der Waals surface area contributed by atoms with Gasteiger partial charge in [0.15, 0.2) is 0 Å². The van der Waals surface area contributed by atoms with Crippen LogP contribution in [0.4, 0.5) is 28.4 Å². The molecule has 0 saturated carbocycles. The molecule has 3 aliphatic rings. The van der Waals surface area contributed by atoms with Gasteiger partial charge in [0.1, 0.15) is 23.0 Å². The number of benzene rings is 12. The summed E-state index contributed by atoms with van der Waals surface area (Å²) < 4.78 is 26.3. The molecule has 6 amide bonds. The molecule has 17 nitrogen and oxygen atoms in total. The predicted octanol–water partition coefficient (Wildman–Crippen LogP) is 20.6. The molecule has 0 aromatic heterocycles. The van der Waals surface area contributed by atoms with Gasteiger partial charge in [0, 0.05) is 106 Å². The first-order chi connectivity index (χ1) is 51.0. The Labute approximate surface area is 607 Å². The van der Waals surface area contributed by atoms with Crippen LogP contribution in [0.2, 0.25) is 0 Å². The van der Waals surface area contributed by atoms with Gasteiger partial charge in [-0.2, -0.15) is 0 Å². The number of nitrogens with zero attached hydrogens (tertiary/aromatic N) is 3. The first-order valence-electron chi connectivity index (χ1n) is 36.5. The van der Waals surface area contributed by atoms with Crippen LogP contribution in [0.5, 0.6) is 23.0 Å². The third-order valence-corrected chi connectivity index (χ3v) is 20.5. The van der Waals surface area contributed by atoms with E-state index in [9.17, 15) is 24.0 Å². The summed E-state index contributed by atoms with van der Waals surface area (Å²) in [6.07, 6.45) is 6.45. The Morgan fingerprint density at radius 1 is 0.362 bits per heavy atom. The third kappa shape index (κ3) is 11.6. The fourth-order valence-electron chi connectivity index (χ4n) is 15.3. The van der Waals surface area contributed by atoms with E-state index in [4.69, 9.17) is 18.9 Å². The highest BCUT2D eigenvalue weighted by molar-refractivity contribution is 6.45. The normalized spacial score (nSPS) is 13.5. The number of para-hydroxylation sites is 1. The van der Waals surface area contributed by atoms with Crippen molar-refractivity contribution in [3.63, 3.8) is 0 Å². The van der Waals surface area contributed by atoms with Crippen LogP contribution in [0.1, 0.15) is 213 Å². The fraction of sp³-hybridized carbons (Fsp3) is 0.250. The predicted molar refractivity (Wildman–Crippen MR) is 414 cm³/mol.